The van der Waals surface area contributed by atoms with Crippen LogP contribution in [0, 0.1) is 0 Å². The molecule has 1 fully saturated rings. The molecule has 0 spiro atoms. The van der Waals surface area contributed by atoms with Gasteiger partial charge >= 0.3 is 5.97 Å². The zero-order chi connectivity index (χ0) is 14.8. The summed E-state index contributed by atoms with van der Waals surface area (Å²) in [6.07, 6.45) is 3.13. The Kier molecular flexibility index (Phi) is 4.03. The molecular weight excluding hydrogens is 284 g/mol. The number of nitrogens with zero attached hydrogens (tertiary/aromatic N) is 2. The molecule has 0 bridgehead atoms. The van der Waals surface area contributed by atoms with Gasteiger partial charge in [0, 0.05) is 24.0 Å². The second-order valence-corrected chi connectivity index (χ2v) is 6.85. The molecule has 8 heteroatoms. The highest BCUT2D eigenvalue weighted by molar-refractivity contribution is 7.91. The van der Waals surface area contributed by atoms with Gasteiger partial charge in [-0.3, -0.25) is 14.6 Å². The van der Waals surface area contributed by atoms with Crippen molar-refractivity contribution in [3.8, 4) is 0 Å². The van der Waals surface area contributed by atoms with E-state index in [2.05, 4.69) is 4.98 Å². The summed E-state index contributed by atoms with van der Waals surface area (Å²) < 4.78 is 23.0. The van der Waals surface area contributed by atoms with Crippen molar-refractivity contribution in [3.63, 3.8) is 0 Å². The Morgan fingerprint density at radius 3 is 2.50 bits per heavy atom. The number of sulfone groups is 1. The Morgan fingerprint density at radius 2 is 2.00 bits per heavy atom. The topological polar surface area (TPSA) is 105 Å². The molecule has 0 saturated carbocycles. The van der Waals surface area contributed by atoms with E-state index >= 15 is 0 Å². The highest BCUT2D eigenvalue weighted by atomic mass is 32.2. The lowest BCUT2D eigenvalue weighted by molar-refractivity contribution is -0.138. The second kappa shape index (κ2) is 5.58. The first-order valence-corrected chi connectivity index (χ1v) is 7.84. The average molecular weight is 298 g/mol. The van der Waals surface area contributed by atoms with Gasteiger partial charge in [-0.2, -0.15) is 0 Å². The van der Waals surface area contributed by atoms with Crippen molar-refractivity contribution in [2.45, 2.75) is 12.5 Å². The van der Waals surface area contributed by atoms with Crippen molar-refractivity contribution in [1.82, 2.24) is 9.88 Å². The van der Waals surface area contributed by atoms with Crippen LogP contribution in [-0.4, -0.2) is 59.4 Å². The van der Waals surface area contributed by atoms with E-state index in [-0.39, 0.29) is 17.9 Å². The van der Waals surface area contributed by atoms with Crippen LogP contribution in [0.2, 0.25) is 0 Å². The lowest BCUT2D eigenvalue weighted by atomic mass is 10.1. The van der Waals surface area contributed by atoms with Crippen LogP contribution in [0.3, 0.4) is 0 Å². The Morgan fingerprint density at radius 1 is 1.35 bits per heavy atom. The molecule has 1 saturated heterocycles. The summed E-state index contributed by atoms with van der Waals surface area (Å²) >= 11 is 0. The maximum Gasteiger partial charge on any atom is 0.323 e. The number of hydrogen-bond acceptors (Lipinski definition) is 5. The molecular formula is C12H14N2O5S. The summed E-state index contributed by atoms with van der Waals surface area (Å²) in [5, 5.41) is 8.91. The molecule has 1 atom stereocenters. The van der Waals surface area contributed by atoms with Crippen molar-refractivity contribution in [2.75, 3.05) is 18.1 Å². The van der Waals surface area contributed by atoms with Crippen molar-refractivity contribution in [1.29, 1.82) is 0 Å². The number of carbonyl (C=O) groups is 2. The fourth-order valence-corrected chi connectivity index (χ4v) is 3.92. The standard InChI is InChI=1S/C12H14N2O5S/c15-11(16)7-14(10-3-6-20(18,19)8-10)12(17)9-1-4-13-5-2-9/h1-2,4-5,10H,3,6-8H2,(H,15,16). The molecule has 0 aromatic carbocycles. The van der Waals surface area contributed by atoms with Gasteiger partial charge in [-0.15, -0.1) is 0 Å². The SMILES string of the molecule is O=C(O)CN(C(=O)c1ccncc1)C1CCS(=O)(=O)C1. The zero-order valence-corrected chi connectivity index (χ0v) is 11.4. The Labute approximate surface area is 116 Å². The molecule has 108 valence electrons. The number of amides is 1. The normalized spacial score (nSPS) is 20.5. The molecule has 2 rings (SSSR count). The monoisotopic (exact) mass is 298 g/mol. The van der Waals surface area contributed by atoms with Crippen LogP contribution in [-0.2, 0) is 14.6 Å². The fraction of sp³-hybridized carbons (Fsp3) is 0.417. The van der Waals surface area contributed by atoms with Crippen molar-refractivity contribution >= 4 is 21.7 Å². The van der Waals surface area contributed by atoms with E-state index in [1.807, 2.05) is 0 Å². The quantitative estimate of drug-likeness (QED) is 0.825. The third kappa shape index (κ3) is 3.32. The average Bonchev–Trinajstić information content (AvgIpc) is 2.76. The highest BCUT2D eigenvalue weighted by Gasteiger charge is 2.35. The van der Waals surface area contributed by atoms with E-state index in [0.717, 1.165) is 4.90 Å². The zero-order valence-electron chi connectivity index (χ0n) is 10.6. The van der Waals surface area contributed by atoms with Crippen LogP contribution in [0.5, 0.6) is 0 Å². The van der Waals surface area contributed by atoms with E-state index in [4.69, 9.17) is 5.11 Å². The molecule has 1 aromatic heterocycles. The number of pyridine rings is 1. The first-order chi connectivity index (χ1) is 9.39. The third-order valence-corrected chi connectivity index (χ3v) is 4.89. The van der Waals surface area contributed by atoms with Crippen LogP contribution in [0.15, 0.2) is 24.5 Å². The maximum absolute atomic E-state index is 12.3. The molecule has 0 radical (unpaired) electrons. The third-order valence-electron chi connectivity index (χ3n) is 3.14. The van der Waals surface area contributed by atoms with Gasteiger partial charge < -0.3 is 10.0 Å². The van der Waals surface area contributed by atoms with E-state index < -0.39 is 34.3 Å². The number of carbonyl (C=O) groups excluding carboxylic acids is 1. The summed E-state index contributed by atoms with van der Waals surface area (Å²) in [6, 6.07) is 2.36. The summed E-state index contributed by atoms with van der Waals surface area (Å²) in [4.78, 5) is 28.1. The smallest absolute Gasteiger partial charge is 0.323 e. The molecule has 1 amide bonds. The largest absolute Gasteiger partial charge is 0.480 e. The number of hydrogen-bond donors (Lipinski definition) is 1. The number of aromatic nitrogens is 1. The van der Waals surface area contributed by atoms with E-state index in [0.29, 0.717) is 5.56 Å². The van der Waals surface area contributed by atoms with Gasteiger partial charge in [-0.05, 0) is 18.6 Å². The second-order valence-electron chi connectivity index (χ2n) is 4.62. The first-order valence-electron chi connectivity index (χ1n) is 6.02. The fourth-order valence-electron chi connectivity index (χ4n) is 2.19. The highest BCUT2D eigenvalue weighted by Crippen LogP contribution is 2.19. The van der Waals surface area contributed by atoms with E-state index in [9.17, 15) is 18.0 Å². The number of carboxylic acids is 1. The number of rotatable bonds is 4. The summed E-state index contributed by atoms with van der Waals surface area (Å²) in [6.45, 7) is -0.513. The molecule has 1 aliphatic rings. The number of aliphatic carboxylic acids is 1. The minimum absolute atomic E-state index is 0.0165. The van der Waals surface area contributed by atoms with Crippen LogP contribution < -0.4 is 0 Å². The minimum atomic E-state index is -3.19. The van der Waals surface area contributed by atoms with Crippen molar-refractivity contribution in [3.05, 3.63) is 30.1 Å². The van der Waals surface area contributed by atoms with Gasteiger partial charge in [0.2, 0.25) is 0 Å². The maximum atomic E-state index is 12.3. The molecule has 1 aromatic rings. The van der Waals surface area contributed by atoms with Crippen LogP contribution in [0.1, 0.15) is 16.8 Å². The van der Waals surface area contributed by atoms with Crippen LogP contribution in [0.25, 0.3) is 0 Å². The van der Waals surface area contributed by atoms with Crippen molar-refractivity contribution < 1.29 is 23.1 Å². The summed E-state index contributed by atoms with van der Waals surface area (Å²) in [5.41, 5.74) is 0.297. The lowest BCUT2D eigenvalue weighted by Crippen LogP contribution is -2.44. The number of carboxylic acid groups (broad SMARTS) is 1. The molecule has 1 N–H and O–H groups in total. The van der Waals surface area contributed by atoms with Crippen LogP contribution >= 0.6 is 0 Å². The Hall–Kier alpha value is -1.96. The molecule has 1 aliphatic heterocycles. The molecule has 1 unspecified atom stereocenters. The van der Waals surface area contributed by atoms with Gasteiger partial charge in [0.1, 0.15) is 6.54 Å². The van der Waals surface area contributed by atoms with Crippen molar-refractivity contribution in [2.24, 2.45) is 0 Å². The minimum Gasteiger partial charge on any atom is -0.480 e. The summed E-state index contributed by atoms with van der Waals surface area (Å²) in [5.74, 6) is -1.86. The molecule has 0 aliphatic carbocycles. The molecule has 2 heterocycles. The van der Waals surface area contributed by atoms with Gasteiger partial charge in [-0.1, -0.05) is 0 Å². The van der Waals surface area contributed by atoms with E-state index in [1.165, 1.54) is 24.5 Å². The van der Waals surface area contributed by atoms with Gasteiger partial charge in [0.05, 0.1) is 11.5 Å². The van der Waals surface area contributed by atoms with Gasteiger partial charge in [-0.25, -0.2) is 8.42 Å². The van der Waals surface area contributed by atoms with Crippen LogP contribution in [0.4, 0.5) is 0 Å². The van der Waals surface area contributed by atoms with Gasteiger partial charge in [0.25, 0.3) is 5.91 Å². The Bertz CT molecular complexity index is 614. The van der Waals surface area contributed by atoms with Gasteiger partial charge in [0.15, 0.2) is 9.84 Å². The lowest BCUT2D eigenvalue weighted by Gasteiger charge is -2.26. The first kappa shape index (κ1) is 14.4. The molecule has 7 nitrogen and oxygen atoms in total. The molecule has 20 heavy (non-hydrogen) atoms. The van der Waals surface area contributed by atoms with E-state index in [1.54, 1.807) is 0 Å². The predicted octanol–water partition coefficient (Wildman–Crippen LogP) is -0.204. The predicted molar refractivity (Wildman–Crippen MR) is 70.0 cm³/mol. The Balaban J connectivity index is 2.24. The summed E-state index contributed by atoms with van der Waals surface area (Å²) in [7, 11) is -3.19.